The van der Waals surface area contributed by atoms with Crippen molar-refractivity contribution in [3.63, 3.8) is 0 Å². The van der Waals surface area contributed by atoms with E-state index >= 15 is 0 Å². The van der Waals surface area contributed by atoms with E-state index in [2.05, 4.69) is 28.3 Å². The number of quaternary nitrogens is 1. The van der Waals surface area contributed by atoms with E-state index in [1.54, 1.807) is 29.2 Å². The van der Waals surface area contributed by atoms with Crippen molar-refractivity contribution in [3.05, 3.63) is 70.8 Å². The van der Waals surface area contributed by atoms with Crippen LogP contribution < -0.4 is 10.2 Å². The highest BCUT2D eigenvalue weighted by molar-refractivity contribution is 5.96. The normalized spacial score (nSPS) is 14.6. The Morgan fingerprint density at radius 3 is 2.22 bits per heavy atom. The Kier molecular flexibility index (Phi) is 6.60. The van der Waals surface area contributed by atoms with Gasteiger partial charge in [0, 0.05) is 17.7 Å². The van der Waals surface area contributed by atoms with Gasteiger partial charge in [0.05, 0.1) is 25.8 Å². The molecule has 1 aliphatic rings. The average Bonchev–Trinajstić information content (AvgIpc) is 2.73. The molecule has 1 fully saturated rings. The summed E-state index contributed by atoms with van der Waals surface area (Å²) in [4.78, 5) is 25.5. The number of hydrogen-bond acceptors (Lipinski definition) is 3. The molecule has 2 aromatic rings. The van der Waals surface area contributed by atoms with Crippen molar-refractivity contribution in [1.82, 2.24) is 5.32 Å². The van der Waals surface area contributed by atoms with Gasteiger partial charge in [-0.1, -0.05) is 24.3 Å². The molecule has 0 aromatic heterocycles. The number of benzene rings is 2. The van der Waals surface area contributed by atoms with E-state index in [4.69, 9.17) is 0 Å². The number of hydrogen-bond donors (Lipinski definition) is 2. The van der Waals surface area contributed by atoms with Gasteiger partial charge in [-0.25, -0.2) is 4.79 Å². The van der Waals surface area contributed by atoms with Crippen molar-refractivity contribution in [1.29, 1.82) is 0 Å². The van der Waals surface area contributed by atoms with Gasteiger partial charge >= 0.3 is 5.97 Å². The van der Waals surface area contributed by atoms with Gasteiger partial charge in [0.1, 0.15) is 6.54 Å². The number of likely N-dealkylation sites (tertiary alicyclic amines) is 1. The van der Waals surface area contributed by atoms with Crippen molar-refractivity contribution in [2.75, 3.05) is 20.2 Å². The highest BCUT2D eigenvalue weighted by atomic mass is 16.5. The fourth-order valence-corrected chi connectivity index (χ4v) is 3.55. The molecule has 3 rings (SSSR count). The zero-order valence-corrected chi connectivity index (χ0v) is 15.8. The second kappa shape index (κ2) is 9.33. The molecule has 1 amide bonds. The maximum Gasteiger partial charge on any atom is 0.337 e. The van der Waals surface area contributed by atoms with Crippen LogP contribution >= 0.6 is 0 Å². The number of ether oxygens (including phenoxy) is 1. The maximum absolute atomic E-state index is 12.4. The third-order valence-corrected chi connectivity index (χ3v) is 5.13. The number of rotatable bonds is 6. The van der Waals surface area contributed by atoms with Crippen molar-refractivity contribution >= 4 is 11.9 Å². The van der Waals surface area contributed by atoms with Gasteiger partial charge in [-0.2, -0.15) is 0 Å². The Morgan fingerprint density at radius 2 is 1.56 bits per heavy atom. The van der Waals surface area contributed by atoms with Gasteiger partial charge in [-0.3, -0.25) is 4.79 Å². The Balaban J connectivity index is 1.60. The third-order valence-electron chi connectivity index (χ3n) is 5.13. The molecule has 0 unspecified atom stereocenters. The van der Waals surface area contributed by atoms with Crippen molar-refractivity contribution in [2.45, 2.75) is 32.4 Å². The van der Waals surface area contributed by atoms with Gasteiger partial charge in [-0.15, -0.1) is 0 Å². The smallest absolute Gasteiger partial charge is 0.337 e. The molecule has 0 radical (unpaired) electrons. The molecule has 27 heavy (non-hydrogen) atoms. The summed E-state index contributed by atoms with van der Waals surface area (Å²) in [6.45, 7) is 3.97. The monoisotopic (exact) mass is 367 g/mol. The van der Waals surface area contributed by atoms with Crippen molar-refractivity contribution in [2.24, 2.45) is 0 Å². The quantitative estimate of drug-likeness (QED) is 0.768. The second-order valence-electron chi connectivity index (χ2n) is 7.01. The lowest BCUT2D eigenvalue weighted by molar-refractivity contribution is -0.918. The Bertz CT molecular complexity index is 780. The summed E-state index contributed by atoms with van der Waals surface area (Å²) < 4.78 is 4.68. The van der Waals surface area contributed by atoms with Crippen LogP contribution in [0.5, 0.6) is 0 Å². The zero-order chi connectivity index (χ0) is 19.1. The van der Waals surface area contributed by atoms with Crippen LogP contribution in [0.4, 0.5) is 0 Å². The predicted octanol–water partition coefficient (Wildman–Crippen LogP) is 1.97. The van der Waals surface area contributed by atoms with E-state index in [0.29, 0.717) is 17.7 Å². The molecule has 142 valence electrons. The van der Waals surface area contributed by atoms with Gasteiger partial charge < -0.3 is 15.0 Å². The second-order valence-corrected chi connectivity index (χ2v) is 7.01. The number of methoxy groups -OCH3 is 1. The first-order valence-corrected chi connectivity index (χ1v) is 9.54. The number of piperidine rings is 1. The van der Waals surface area contributed by atoms with Crippen LogP contribution in [0.3, 0.4) is 0 Å². The van der Waals surface area contributed by atoms with E-state index in [9.17, 15) is 9.59 Å². The summed E-state index contributed by atoms with van der Waals surface area (Å²) in [5.41, 5.74) is 3.43. The highest BCUT2D eigenvalue weighted by Crippen LogP contribution is 2.10. The molecule has 2 N–H and O–H groups in total. The molecule has 0 atom stereocenters. The van der Waals surface area contributed by atoms with Crippen LogP contribution in [0.25, 0.3) is 0 Å². The zero-order valence-electron chi connectivity index (χ0n) is 15.8. The fraction of sp³-hybridized carbons (Fsp3) is 0.364. The summed E-state index contributed by atoms with van der Waals surface area (Å²) in [5, 5.41) is 2.99. The summed E-state index contributed by atoms with van der Waals surface area (Å²) in [6.07, 6.45) is 3.95. The summed E-state index contributed by atoms with van der Waals surface area (Å²) >= 11 is 0. The van der Waals surface area contributed by atoms with E-state index in [1.165, 1.54) is 45.0 Å². The molecule has 5 nitrogen and oxygen atoms in total. The SMILES string of the molecule is COC(=O)c1ccc(C(=O)NCc2ccccc2C[NH+]2CCCCC2)cc1. The molecule has 1 aliphatic heterocycles. The van der Waals surface area contributed by atoms with Crippen LogP contribution in [-0.4, -0.2) is 32.1 Å². The molecule has 2 aromatic carbocycles. The van der Waals surface area contributed by atoms with Gasteiger partial charge in [0.2, 0.25) is 0 Å². The van der Waals surface area contributed by atoms with Gasteiger partial charge in [0.15, 0.2) is 0 Å². The first kappa shape index (κ1) is 19.1. The van der Waals surface area contributed by atoms with Crippen LogP contribution in [0.15, 0.2) is 48.5 Å². The maximum atomic E-state index is 12.4. The molecule has 0 spiro atoms. The summed E-state index contributed by atoms with van der Waals surface area (Å²) in [5.74, 6) is -0.553. The van der Waals surface area contributed by atoms with E-state index in [-0.39, 0.29) is 5.91 Å². The number of carbonyl (C=O) groups is 2. The first-order chi connectivity index (χ1) is 13.2. The van der Waals surface area contributed by atoms with E-state index < -0.39 is 5.97 Å². The molecule has 0 bridgehead atoms. The molecule has 1 saturated heterocycles. The lowest BCUT2D eigenvalue weighted by Gasteiger charge is -2.24. The lowest BCUT2D eigenvalue weighted by Crippen LogP contribution is -3.11. The molecule has 1 heterocycles. The lowest BCUT2D eigenvalue weighted by atomic mass is 10.0. The molecule has 0 aliphatic carbocycles. The summed E-state index contributed by atoms with van der Waals surface area (Å²) in [7, 11) is 1.34. The minimum absolute atomic E-state index is 0.147. The third kappa shape index (κ3) is 5.17. The van der Waals surface area contributed by atoms with Crippen LogP contribution in [0.1, 0.15) is 51.1 Å². The minimum Gasteiger partial charge on any atom is -0.465 e. The molecule has 5 heteroatoms. The standard InChI is InChI=1S/C22H26N2O3/c1-27-22(26)18-11-9-17(10-12-18)21(25)23-15-19-7-3-4-8-20(19)16-24-13-5-2-6-14-24/h3-4,7-12H,2,5-6,13-16H2,1H3,(H,23,25)/p+1. The fourth-order valence-electron chi connectivity index (χ4n) is 3.55. The summed E-state index contributed by atoms with van der Waals surface area (Å²) in [6, 6.07) is 14.8. The van der Waals surface area contributed by atoms with E-state index in [0.717, 1.165) is 12.1 Å². The average molecular weight is 367 g/mol. The van der Waals surface area contributed by atoms with Gasteiger partial charge in [0.25, 0.3) is 5.91 Å². The predicted molar refractivity (Wildman–Crippen MR) is 104 cm³/mol. The van der Waals surface area contributed by atoms with Crippen LogP contribution in [0.2, 0.25) is 0 Å². The van der Waals surface area contributed by atoms with Crippen LogP contribution in [0, 0.1) is 0 Å². The number of esters is 1. The number of carbonyl (C=O) groups excluding carboxylic acids is 2. The minimum atomic E-state index is -0.406. The number of nitrogens with one attached hydrogen (secondary N) is 2. The molecular weight excluding hydrogens is 340 g/mol. The van der Waals surface area contributed by atoms with Crippen molar-refractivity contribution < 1.29 is 19.2 Å². The number of amides is 1. The van der Waals surface area contributed by atoms with Gasteiger partial charge in [-0.05, 0) is 49.1 Å². The van der Waals surface area contributed by atoms with Crippen LogP contribution in [-0.2, 0) is 17.8 Å². The van der Waals surface area contributed by atoms with E-state index in [1.807, 2.05) is 6.07 Å². The van der Waals surface area contributed by atoms with Crippen molar-refractivity contribution in [3.8, 4) is 0 Å². The molecule has 0 saturated carbocycles. The Labute approximate surface area is 160 Å². The topological polar surface area (TPSA) is 59.8 Å². The highest BCUT2D eigenvalue weighted by Gasteiger charge is 2.16. The first-order valence-electron chi connectivity index (χ1n) is 9.54. The Hall–Kier alpha value is -2.66. The molecular formula is C22H27N2O3+. The Morgan fingerprint density at radius 1 is 0.926 bits per heavy atom. The largest absolute Gasteiger partial charge is 0.465 e.